The molecule has 5 saturated carbocycles. The molecule has 2 bridgehead atoms. The highest BCUT2D eigenvalue weighted by atomic mass is 16.6. The number of rotatable bonds is 0. The Balaban J connectivity index is 1.42. The molecule has 9 atom stereocenters. The van der Waals surface area contributed by atoms with Crippen molar-refractivity contribution in [3.8, 4) is 0 Å². The van der Waals surface area contributed by atoms with E-state index < -0.39 is 0 Å². The first-order valence-electron chi connectivity index (χ1n) is 14.0. The molecular formula is C30H46O3. The van der Waals surface area contributed by atoms with E-state index in [1.54, 1.807) is 0 Å². The quantitative estimate of drug-likeness (QED) is 0.371. The van der Waals surface area contributed by atoms with Crippen molar-refractivity contribution < 1.29 is 14.3 Å². The van der Waals surface area contributed by atoms with Crippen LogP contribution in [0.5, 0.6) is 0 Å². The van der Waals surface area contributed by atoms with Crippen molar-refractivity contribution in [1.82, 2.24) is 0 Å². The van der Waals surface area contributed by atoms with Crippen LogP contribution in [-0.4, -0.2) is 17.9 Å². The summed E-state index contributed by atoms with van der Waals surface area (Å²) in [6.45, 7) is 17.0. The molecule has 1 aliphatic heterocycles. The number of esters is 1. The van der Waals surface area contributed by atoms with Crippen LogP contribution in [0.4, 0.5) is 0 Å². The van der Waals surface area contributed by atoms with E-state index in [2.05, 4.69) is 48.5 Å². The fourth-order valence-electron chi connectivity index (χ4n) is 11.6. The largest absolute Gasteiger partial charge is 0.461 e. The molecule has 6 aliphatic rings. The smallest absolute Gasteiger partial charge is 0.312 e. The monoisotopic (exact) mass is 454 g/mol. The average Bonchev–Trinajstić information content (AvgIpc) is 2.99. The normalized spacial score (nSPS) is 56.2. The summed E-state index contributed by atoms with van der Waals surface area (Å²) in [4.78, 5) is 26.3. The molecule has 5 aliphatic carbocycles. The molecule has 3 heteroatoms. The molecule has 0 aromatic rings. The van der Waals surface area contributed by atoms with Gasteiger partial charge in [0.2, 0.25) is 0 Å². The van der Waals surface area contributed by atoms with E-state index >= 15 is 0 Å². The fourth-order valence-corrected chi connectivity index (χ4v) is 11.6. The SMILES string of the molecule is CC1(C)CC[C@]23CC[C@]4(C)[C@H](CC[C@H]5[C@@]6(C)CCC(=O)C(C)(C)[C@H]6CC[C@]54C)[C@H]2[C@H]1OC3=O. The van der Waals surface area contributed by atoms with Crippen LogP contribution in [0, 0.1) is 56.2 Å². The Labute approximate surface area is 201 Å². The van der Waals surface area contributed by atoms with Gasteiger partial charge in [-0.2, -0.15) is 0 Å². The summed E-state index contributed by atoms with van der Waals surface area (Å²) in [5, 5.41) is 0. The Morgan fingerprint density at radius 3 is 2.15 bits per heavy atom. The van der Waals surface area contributed by atoms with Gasteiger partial charge in [0.1, 0.15) is 11.9 Å². The zero-order chi connectivity index (χ0) is 23.8. The third kappa shape index (κ3) is 2.39. The maximum Gasteiger partial charge on any atom is 0.312 e. The molecule has 0 spiro atoms. The molecule has 3 nitrogen and oxygen atoms in total. The van der Waals surface area contributed by atoms with Gasteiger partial charge < -0.3 is 4.74 Å². The lowest BCUT2D eigenvalue weighted by Gasteiger charge is -2.72. The first kappa shape index (κ1) is 22.6. The third-order valence-corrected chi connectivity index (χ3v) is 13.8. The maximum atomic E-state index is 13.3. The topological polar surface area (TPSA) is 43.4 Å². The van der Waals surface area contributed by atoms with Gasteiger partial charge in [-0.1, -0.05) is 48.5 Å². The second-order valence-corrected chi connectivity index (χ2v) is 15.3. The highest BCUT2D eigenvalue weighted by Crippen LogP contribution is 2.77. The van der Waals surface area contributed by atoms with Crippen molar-refractivity contribution >= 4 is 11.8 Å². The minimum absolute atomic E-state index is 0.0910. The first-order chi connectivity index (χ1) is 15.2. The highest BCUT2D eigenvalue weighted by Gasteiger charge is 2.75. The molecule has 184 valence electrons. The van der Waals surface area contributed by atoms with E-state index in [4.69, 9.17) is 4.74 Å². The molecule has 0 N–H and O–H groups in total. The number of carbonyl (C=O) groups excluding carboxylic acids is 2. The van der Waals surface area contributed by atoms with Crippen LogP contribution in [0.3, 0.4) is 0 Å². The summed E-state index contributed by atoms with van der Waals surface area (Å²) in [6, 6.07) is 0. The molecular weight excluding hydrogens is 408 g/mol. The summed E-state index contributed by atoms with van der Waals surface area (Å²) < 4.78 is 6.27. The van der Waals surface area contributed by atoms with Crippen LogP contribution in [0.1, 0.15) is 113 Å². The molecule has 0 unspecified atom stereocenters. The Kier molecular flexibility index (Phi) is 4.30. The van der Waals surface area contributed by atoms with Gasteiger partial charge in [-0.25, -0.2) is 0 Å². The van der Waals surface area contributed by atoms with E-state index in [0.717, 1.165) is 32.1 Å². The molecule has 6 fully saturated rings. The average molecular weight is 455 g/mol. The van der Waals surface area contributed by atoms with E-state index in [0.29, 0.717) is 29.5 Å². The van der Waals surface area contributed by atoms with E-state index in [1.807, 2.05) is 0 Å². The Morgan fingerprint density at radius 1 is 0.727 bits per heavy atom. The van der Waals surface area contributed by atoms with Crippen molar-refractivity contribution in [2.24, 2.45) is 56.2 Å². The molecule has 0 aromatic heterocycles. The standard InChI is InChI=1S/C30H46O3/c1-25(2)14-16-30-17-15-28(6)18(22(30)23(25)33-24(30)32)8-9-20-27(5)12-11-21(31)26(3,4)19(27)10-13-29(20,28)7/h18-20,22-23H,8-17H2,1-7H3/t18-,19-,20+,22+,23-,27+,28-,29-,30+/m1/s1. The number of hydrogen-bond acceptors (Lipinski definition) is 3. The summed E-state index contributed by atoms with van der Waals surface area (Å²) in [7, 11) is 0. The van der Waals surface area contributed by atoms with Crippen molar-refractivity contribution in [2.45, 2.75) is 119 Å². The maximum absolute atomic E-state index is 13.3. The summed E-state index contributed by atoms with van der Waals surface area (Å²) >= 11 is 0. The number of carbonyl (C=O) groups is 2. The zero-order valence-electron chi connectivity index (χ0n) is 22.2. The number of fused-ring (bicyclic) bond motifs is 5. The van der Waals surface area contributed by atoms with E-state index in [-0.39, 0.29) is 44.6 Å². The second-order valence-electron chi connectivity index (χ2n) is 15.3. The minimum Gasteiger partial charge on any atom is -0.461 e. The molecule has 1 heterocycles. The summed E-state index contributed by atoms with van der Waals surface area (Å²) in [6.07, 6.45) is 11.2. The predicted molar refractivity (Wildman–Crippen MR) is 129 cm³/mol. The lowest BCUT2D eigenvalue weighted by molar-refractivity contribution is -0.239. The van der Waals surface area contributed by atoms with Crippen LogP contribution in [-0.2, 0) is 14.3 Å². The second kappa shape index (κ2) is 6.28. The van der Waals surface area contributed by atoms with Gasteiger partial charge in [0, 0.05) is 23.2 Å². The summed E-state index contributed by atoms with van der Waals surface area (Å²) in [5.41, 5.74) is 0.494. The lowest BCUT2D eigenvalue weighted by Crippen LogP contribution is -2.67. The van der Waals surface area contributed by atoms with Gasteiger partial charge in [-0.3, -0.25) is 9.59 Å². The van der Waals surface area contributed by atoms with Gasteiger partial charge >= 0.3 is 5.97 Å². The molecule has 6 rings (SSSR count). The molecule has 33 heavy (non-hydrogen) atoms. The molecule has 0 aromatic carbocycles. The lowest BCUT2D eigenvalue weighted by atomic mass is 9.31. The highest BCUT2D eigenvalue weighted by molar-refractivity contribution is 5.85. The number of Topliss-reactive ketones (excluding diaryl/α,β-unsaturated/α-hetero) is 1. The van der Waals surface area contributed by atoms with Crippen molar-refractivity contribution in [1.29, 1.82) is 0 Å². The molecule has 1 saturated heterocycles. The van der Waals surface area contributed by atoms with Crippen molar-refractivity contribution in [2.75, 3.05) is 0 Å². The Morgan fingerprint density at radius 2 is 1.42 bits per heavy atom. The van der Waals surface area contributed by atoms with Crippen LogP contribution in [0.15, 0.2) is 0 Å². The van der Waals surface area contributed by atoms with Gasteiger partial charge in [-0.05, 0) is 91.8 Å². The van der Waals surface area contributed by atoms with Crippen molar-refractivity contribution in [3.63, 3.8) is 0 Å². The van der Waals surface area contributed by atoms with Gasteiger partial charge in [0.05, 0.1) is 5.41 Å². The minimum atomic E-state index is -0.200. The Hall–Kier alpha value is -0.860. The van der Waals surface area contributed by atoms with Crippen LogP contribution < -0.4 is 0 Å². The number of hydrogen-bond donors (Lipinski definition) is 0. The first-order valence-corrected chi connectivity index (χ1v) is 14.0. The van der Waals surface area contributed by atoms with E-state index in [1.165, 1.54) is 32.1 Å². The Bertz CT molecular complexity index is 918. The molecule has 0 amide bonds. The van der Waals surface area contributed by atoms with Crippen LogP contribution in [0.25, 0.3) is 0 Å². The fraction of sp³-hybridized carbons (Fsp3) is 0.933. The van der Waals surface area contributed by atoms with Gasteiger partial charge in [0.25, 0.3) is 0 Å². The number of ketones is 1. The molecule has 0 radical (unpaired) electrons. The van der Waals surface area contributed by atoms with E-state index in [9.17, 15) is 9.59 Å². The zero-order valence-corrected chi connectivity index (χ0v) is 22.2. The number of ether oxygens (including phenoxy) is 1. The van der Waals surface area contributed by atoms with Gasteiger partial charge in [0.15, 0.2) is 0 Å². The van der Waals surface area contributed by atoms with Gasteiger partial charge in [-0.15, -0.1) is 0 Å². The van der Waals surface area contributed by atoms with Crippen LogP contribution >= 0.6 is 0 Å². The summed E-state index contributed by atoms with van der Waals surface area (Å²) in [5.74, 6) is 2.80. The predicted octanol–water partition coefficient (Wildman–Crippen LogP) is 6.97. The third-order valence-electron chi connectivity index (χ3n) is 13.8. The van der Waals surface area contributed by atoms with Crippen LogP contribution in [0.2, 0.25) is 0 Å². The van der Waals surface area contributed by atoms with Crippen molar-refractivity contribution in [3.05, 3.63) is 0 Å².